The standard InChI is InChI=1S/C23H28O11/c1-12(10-13(2)11-14-6-4-3-5-7-14)8-9-21-15(24)16(25)23(34-21,20(30)31)22(32,19(28)29)17(33-21)18(26)27/h3-7,10,13,15-17,24-25,32H,8-9,11H2,1-2H3,(H,26,27)(H,28,29)(H,30,31)/b12-10+. The molecule has 2 bridgehead atoms. The topological polar surface area (TPSA) is 191 Å². The molecule has 0 aromatic heterocycles. The summed E-state index contributed by atoms with van der Waals surface area (Å²) in [4.78, 5) is 35.7. The number of ether oxygens (including phenoxy) is 2. The van der Waals surface area contributed by atoms with Gasteiger partial charge in [-0.3, -0.25) is 0 Å². The van der Waals surface area contributed by atoms with Crippen LogP contribution in [0.2, 0.25) is 0 Å². The molecule has 11 heteroatoms. The first-order valence-corrected chi connectivity index (χ1v) is 10.7. The van der Waals surface area contributed by atoms with E-state index in [9.17, 15) is 45.0 Å². The first-order valence-electron chi connectivity index (χ1n) is 10.7. The van der Waals surface area contributed by atoms with Crippen LogP contribution in [-0.2, 0) is 30.3 Å². The number of aliphatic hydroxyl groups is 3. The van der Waals surface area contributed by atoms with Crippen LogP contribution in [0.1, 0.15) is 32.3 Å². The zero-order chi connectivity index (χ0) is 25.5. The molecule has 3 rings (SSSR count). The first-order chi connectivity index (χ1) is 15.8. The lowest BCUT2D eigenvalue weighted by Crippen LogP contribution is -2.77. The number of carbonyl (C=O) groups is 3. The van der Waals surface area contributed by atoms with Gasteiger partial charge in [0.1, 0.15) is 12.2 Å². The molecule has 2 aliphatic rings. The zero-order valence-corrected chi connectivity index (χ0v) is 18.6. The van der Waals surface area contributed by atoms with Crippen molar-refractivity contribution in [1.82, 2.24) is 0 Å². The Labute approximate surface area is 194 Å². The fourth-order valence-corrected chi connectivity index (χ4v) is 4.81. The summed E-state index contributed by atoms with van der Waals surface area (Å²) in [6.45, 7) is 3.75. The lowest BCUT2D eigenvalue weighted by molar-refractivity contribution is -0.373. The summed E-state index contributed by atoms with van der Waals surface area (Å²) in [5, 5.41) is 60.8. The Kier molecular flexibility index (Phi) is 6.89. The Morgan fingerprint density at radius 3 is 2.21 bits per heavy atom. The second-order valence-corrected chi connectivity index (χ2v) is 8.93. The third-order valence-corrected chi connectivity index (χ3v) is 6.47. The maximum absolute atomic E-state index is 12.1. The summed E-state index contributed by atoms with van der Waals surface area (Å²) in [5.74, 6) is -8.71. The molecule has 0 amide bonds. The van der Waals surface area contributed by atoms with Gasteiger partial charge >= 0.3 is 17.9 Å². The van der Waals surface area contributed by atoms with E-state index in [-0.39, 0.29) is 18.8 Å². The van der Waals surface area contributed by atoms with Crippen molar-refractivity contribution in [2.75, 3.05) is 0 Å². The van der Waals surface area contributed by atoms with E-state index in [1.165, 1.54) is 0 Å². The molecule has 11 nitrogen and oxygen atoms in total. The van der Waals surface area contributed by atoms with Crippen LogP contribution < -0.4 is 0 Å². The van der Waals surface area contributed by atoms with Crippen LogP contribution in [-0.4, -0.2) is 83.8 Å². The van der Waals surface area contributed by atoms with Gasteiger partial charge in [0.25, 0.3) is 0 Å². The van der Waals surface area contributed by atoms with Crippen molar-refractivity contribution in [3.8, 4) is 0 Å². The predicted molar refractivity (Wildman–Crippen MR) is 114 cm³/mol. The van der Waals surface area contributed by atoms with E-state index < -0.39 is 53.2 Å². The van der Waals surface area contributed by atoms with Gasteiger partial charge in [-0.05, 0) is 31.2 Å². The summed E-state index contributed by atoms with van der Waals surface area (Å²) in [6, 6.07) is 9.73. The van der Waals surface area contributed by atoms with E-state index in [2.05, 4.69) is 0 Å². The molecule has 34 heavy (non-hydrogen) atoms. The Balaban J connectivity index is 1.89. The highest BCUT2D eigenvalue weighted by molar-refractivity contribution is 5.97. The molecule has 2 fully saturated rings. The van der Waals surface area contributed by atoms with Gasteiger partial charge in [-0.25, -0.2) is 14.4 Å². The first kappa shape index (κ1) is 25.8. The highest BCUT2D eigenvalue weighted by Gasteiger charge is 2.84. The second-order valence-electron chi connectivity index (χ2n) is 8.93. The number of fused-ring (bicyclic) bond motifs is 2. The van der Waals surface area contributed by atoms with E-state index in [0.717, 1.165) is 17.6 Å². The Bertz CT molecular complexity index is 992. The van der Waals surface area contributed by atoms with Gasteiger partial charge in [0, 0.05) is 6.42 Å². The number of aliphatic carboxylic acids is 3. The fraction of sp³-hybridized carbons (Fsp3) is 0.522. The molecule has 0 saturated carbocycles. The molecule has 1 aromatic rings. The predicted octanol–water partition coefficient (Wildman–Crippen LogP) is 0.163. The van der Waals surface area contributed by atoms with Crippen LogP contribution in [0.15, 0.2) is 42.0 Å². The molecule has 2 heterocycles. The number of benzene rings is 1. The van der Waals surface area contributed by atoms with Crippen LogP contribution >= 0.6 is 0 Å². The SMILES string of the molecule is C/C(=C\C(C)Cc1ccccc1)CCC12OC(C(=O)O)C(O)(C(=O)O)C(C(=O)O)(O1)C(O)C2O. The Morgan fingerprint density at radius 1 is 1.06 bits per heavy atom. The van der Waals surface area contributed by atoms with Crippen molar-refractivity contribution < 1.29 is 54.5 Å². The van der Waals surface area contributed by atoms with Crippen LogP contribution in [0, 0.1) is 5.92 Å². The van der Waals surface area contributed by atoms with Crippen molar-refractivity contribution in [1.29, 1.82) is 0 Å². The van der Waals surface area contributed by atoms with Gasteiger partial charge in [-0.2, -0.15) is 0 Å². The quantitative estimate of drug-likeness (QED) is 0.264. The third kappa shape index (κ3) is 3.89. The minimum atomic E-state index is -3.72. The molecule has 7 unspecified atom stereocenters. The monoisotopic (exact) mass is 480 g/mol. The van der Waals surface area contributed by atoms with E-state index >= 15 is 0 Å². The van der Waals surface area contributed by atoms with Crippen molar-refractivity contribution in [2.45, 2.75) is 68.4 Å². The summed E-state index contributed by atoms with van der Waals surface area (Å²) >= 11 is 0. The smallest absolute Gasteiger partial charge is 0.343 e. The molecule has 0 spiro atoms. The number of allylic oxidation sites excluding steroid dienone is 2. The number of carboxylic acids is 3. The molecular weight excluding hydrogens is 452 g/mol. The Hall–Kier alpha value is -2.83. The fourth-order valence-electron chi connectivity index (χ4n) is 4.81. The molecule has 186 valence electrons. The molecule has 0 radical (unpaired) electrons. The zero-order valence-electron chi connectivity index (χ0n) is 18.6. The average Bonchev–Trinajstić information content (AvgIpc) is 2.96. The van der Waals surface area contributed by atoms with Gasteiger partial charge in [0.05, 0.1) is 0 Å². The summed E-state index contributed by atoms with van der Waals surface area (Å²) < 4.78 is 10.6. The largest absolute Gasteiger partial charge is 0.479 e. The van der Waals surface area contributed by atoms with E-state index in [1.807, 2.05) is 43.3 Å². The van der Waals surface area contributed by atoms with Crippen LogP contribution in [0.25, 0.3) is 0 Å². The molecule has 1 aromatic carbocycles. The highest BCUT2D eigenvalue weighted by atomic mass is 16.8. The van der Waals surface area contributed by atoms with Crippen molar-refractivity contribution >= 4 is 17.9 Å². The Morgan fingerprint density at radius 2 is 1.68 bits per heavy atom. The third-order valence-electron chi connectivity index (χ3n) is 6.47. The van der Waals surface area contributed by atoms with Crippen LogP contribution in [0.5, 0.6) is 0 Å². The van der Waals surface area contributed by atoms with E-state index in [1.54, 1.807) is 6.92 Å². The maximum Gasteiger partial charge on any atom is 0.343 e. The highest BCUT2D eigenvalue weighted by Crippen LogP contribution is 2.54. The van der Waals surface area contributed by atoms with E-state index in [4.69, 9.17) is 9.47 Å². The number of hydrogen-bond donors (Lipinski definition) is 6. The number of hydrogen-bond acceptors (Lipinski definition) is 8. The maximum atomic E-state index is 12.1. The van der Waals surface area contributed by atoms with Crippen molar-refractivity contribution in [2.24, 2.45) is 5.92 Å². The number of aliphatic hydroxyl groups excluding tert-OH is 2. The molecule has 7 atom stereocenters. The minimum absolute atomic E-state index is 0.106. The average molecular weight is 480 g/mol. The number of carboxylic acid groups (broad SMARTS) is 3. The normalized spacial score (nSPS) is 36.1. The van der Waals surface area contributed by atoms with Gasteiger partial charge in [-0.1, -0.05) is 48.9 Å². The number of rotatable bonds is 9. The lowest BCUT2D eigenvalue weighted by atomic mass is 9.74. The van der Waals surface area contributed by atoms with Crippen molar-refractivity contribution in [3.63, 3.8) is 0 Å². The molecular formula is C23H28O11. The lowest BCUT2D eigenvalue weighted by Gasteiger charge is -2.48. The molecule has 2 saturated heterocycles. The van der Waals surface area contributed by atoms with Gasteiger partial charge in [0.15, 0.2) is 5.79 Å². The summed E-state index contributed by atoms with van der Waals surface area (Å²) in [5.41, 5.74) is -5.20. The van der Waals surface area contributed by atoms with Crippen molar-refractivity contribution in [3.05, 3.63) is 47.5 Å². The molecule has 6 N–H and O–H groups in total. The van der Waals surface area contributed by atoms with Gasteiger partial charge in [0.2, 0.25) is 17.3 Å². The summed E-state index contributed by atoms with van der Waals surface area (Å²) in [6.07, 6.45) is -4.76. The molecule has 2 aliphatic heterocycles. The van der Waals surface area contributed by atoms with Gasteiger partial charge in [-0.15, -0.1) is 0 Å². The van der Waals surface area contributed by atoms with Crippen LogP contribution in [0.4, 0.5) is 0 Å². The second kappa shape index (κ2) is 9.08. The van der Waals surface area contributed by atoms with E-state index in [0.29, 0.717) is 0 Å². The van der Waals surface area contributed by atoms with Crippen LogP contribution in [0.3, 0.4) is 0 Å². The van der Waals surface area contributed by atoms with Gasteiger partial charge < -0.3 is 40.1 Å². The summed E-state index contributed by atoms with van der Waals surface area (Å²) in [7, 11) is 0. The minimum Gasteiger partial charge on any atom is -0.479 e. The molecule has 0 aliphatic carbocycles.